The summed E-state index contributed by atoms with van der Waals surface area (Å²) in [4.78, 5) is 0. The van der Waals surface area contributed by atoms with Crippen molar-refractivity contribution in [3.8, 4) is 0 Å². The average molecular weight is 319 g/mol. The first-order chi connectivity index (χ1) is 10.8. The van der Waals surface area contributed by atoms with Crippen molar-refractivity contribution in [3.63, 3.8) is 0 Å². The van der Waals surface area contributed by atoms with Crippen LogP contribution in [0.4, 0.5) is 0 Å². The Bertz CT molecular complexity index is 502. The van der Waals surface area contributed by atoms with Crippen LogP contribution in [-0.4, -0.2) is 21.9 Å². The minimum Gasteiger partial charge on any atom is -0.393 e. The van der Waals surface area contributed by atoms with Gasteiger partial charge in [-0.1, -0.05) is 19.9 Å². The summed E-state index contributed by atoms with van der Waals surface area (Å²) in [7, 11) is 0. The first-order valence-electron chi connectivity index (χ1n) is 9.88. The largest absolute Gasteiger partial charge is 0.393 e. The molecule has 0 aromatic heterocycles. The summed E-state index contributed by atoms with van der Waals surface area (Å²) in [6.07, 6.45) is 12.1. The molecule has 0 radical (unpaired) electrons. The van der Waals surface area contributed by atoms with Crippen LogP contribution in [0, 0.1) is 34.5 Å². The molecule has 2 heteroatoms. The molecule has 2 nitrogen and oxygen atoms in total. The van der Waals surface area contributed by atoms with Crippen molar-refractivity contribution in [1.29, 1.82) is 0 Å². The molecule has 4 aliphatic rings. The van der Waals surface area contributed by atoms with Gasteiger partial charge in [0, 0.05) is 5.41 Å². The van der Waals surface area contributed by atoms with Gasteiger partial charge in [-0.2, -0.15) is 0 Å². The normalized spacial score (nSPS) is 58.9. The van der Waals surface area contributed by atoms with E-state index in [0.717, 1.165) is 43.4 Å². The molecule has 0 heterocycles. The van der Waals surface area contributed by atoms with Crippen molar-refractivity contribution in [2.45, 2.75) is 83.3 Å². The zero-order chi connectivity index (χ0) is 16.5. The van der Waals surface area contributed by atoms with Gasteiger partial charge in [-0.25, -0.2) is 0 Å². The van der Waals surface area contributed by atoms with Crippen LogP contribution in [0.3, 0.4) is 0 Å². The Morgan fingerprint density at radius 2 is 1.70 bits per heavy atom. The number of rotatable bonds is 1. The highest BCUT2D eigenvalue weighted by molar-refractivity contribution is 5.18. The molecule has 0 bridgehead atoms. The van der Waals surface area contributed by atoms with Gasteiger partial charge in [0.1, 0.15) is 0 Å². The lowest BCUT2D eigenvalue weighted by atomic mass is 9.44. The first kappa shape index (κ1) is 16.1. The van der Waals surface area contributed by atoms with E-state index in [1.54, 1.807) is 0 Å². The molecule has 4 fully saturated rings. The molecule has 23 heavy (non-hydrogen) atoms. The fraction of sp³-hybridized carbons (Fsp3) is 0.905. The van der Waals surface area contributed by atoms with Gasteiger partial charge in [-0.3, -0.25) is 0 Å². The zero-order valence-corrected chi connectivity index (χ0v) is 14.9. The van der Waals surface area contributed by atoms with Crippen molar-refractivity contribution in [1.82, 2.24) is 0 Å². The quantitative estimate of drug-likeness (QED) is 0.707. The molecule has 7 unspecified atom stereocenters. The van der Waals surface area contributed by atoms with Gasteiger partial charge in [-0.05, 0) is 86.9 Å². The third kappa shape index (κ3) is 2.00. The lowest BCUT2D eigenvalue weighted by Gasteiger charge is -2.61. The fourth-order valence-corrected chi connectivity index (χ4v) is 7.62. The van der Waals surface area contributed by atoms with Gasteiger partial charge in [-0.15, -0.1) is 6.58 Å². The summed E-state index contributed by atoms with van der Waals surface area (Å²) in [5, 5.41) is 21.2. The van der Waals surface area contributed by atoms with E-state index in [9.17, 15) is 10.2 Å². The molecule has 0 spiro atoms. The second kappa shape index (κ2) is 5.08. The van der Waals surface area contributed by atoms with Gasteiger partial charge >= 0.3 is 0 Å². The van der Waals surface area contributed by atoms with Crippen LogP contribution in [0.5, 0.6) is 0 Å². The molecular formula is C21H34O2. The van der Waals surface area contributed by atoms with Gasteiger partial charge in [0.2, 0.25) is 0 Å². The van der Waals surface area contributed by atoms with Crippen LogP contribution in [0.15, 0.2) is 12.7 Å². The molecular weight excluding hydrogens is 284 g/mol. The maximum absolute atomic E-state index is 11.1. The second-order valence-corrected chi connectivity index (χ2v) is 9.71. The third-order valence-electron chi connectivity index (χ3n) is 9.19. The van der Waals surface area contributed by atoms with Gasteiger partial charge in [0.25, 0.3) is 0 Å². The van der Waals surface area contributed by atoms with E-state index in [-0.39, 0.29) is 11.5 Å². The van der Waals surface area contributed by atoms with Crippen molar-refractivity contribution in [3.05, 3.63) is 12.7 Å². The average Bonchev–Trinajstić information content (AvgIpc) is 2.80. The van der Waals surface area contributed by atoms with Crippen LogP contribution in [0.25, 0.3) is 0 Å². The Hall–Kier alpha value is -0.340. The molecule has 0 aromatic carbocycles. The van der Waals surface area contributed by atoms with Gasteiger partial charge < -0.3 is 10.2 Å². The highest BCUT2D eigenvalue weighted by Crippen LogP contribution is 2.68. The predicted octanol–water partition coefficient (Wildman–Crippen LogP) is 4.31. The monoisotopic (exact) mass is 318 g/mol. The summed E-state index contributed by atoms with van der Waals surface area (Å²) in [6.45, 7) is 8.82. The van der Waals surface area contributed by atoms with Gasteiger partial charge in [0.05, 0.1) is 11.7 Å². The summed E-state index contributed by atoms with van der Waals surface area (Å²) in [6, 6.07) is 0. The highest BCUT2D eigenvalue weighted by Gasteiger charge is 2.63. The second-order valence-electron chi connectivity index (χ2n) is 9.71. The van der Waals surface area contributed by atoms with E-state index in [4.69, 9.17) is 0 Å². The molecule has 4 saturated carbocycles. The standard InChI is InChI=1S/C21H34O2/c1-4-21(23)12-9-18-16-6-5-14-13-15(22)7-10-19(14,2)17(16)8-11-20(18,21)3/h4,14-18,22-23H,1,5-13H2,2-3H3/t14?,15?,16?,17?,18?,19?,20?,21-/m0/s1. The Labute approximate surface area is 141 Å². The molecule has 0 aromatic rings. The molecule has 0 aliphatic heterocycles. The summed E-state index contributed by atoms with van der Waals surface area (Å²) in [5.74, 6) is 2.96. The van der Waals surface area contributed by atoms with Crippen molar-refractivity contribution in [2.75, 3.05) is 0 Å². The number of aliphatic hydroxyl groups is 2. The Morgan fingerprint density at radius 3 is 2.43 bits per heavy atom. The molecule has 8 atom stereocenters. The van der Waals surface area contributed by atoms with Crippen molar-refractivity contribution in [2.24, 2.45) is 34.5 Å². The minimum atomic E-state index is -0.650. The molecule has 4 rings (SSSR count). The topological polar surface area (TPSA) is 40.5 Å². The van der Waals surface area contributed by atoms with Crippen LogP contribution in [-0.2, 0) is 0 Å². The van der Waals surface area contributed by atoms with Gasteiger partial charge in [0.15, 0.2) is 0 Å². The van der Waals surface area contributed by atoms with E-state index < -0.39 is 5.60 Å². The van der Waals surface area contributed by atoms with Crippen LogP contribution in [0.1, 0.15) is 71.6 Å². The Kier molecular flexibility index (Phi) is 3.57. The predicted molar refractivity (Wildman–Crippen MR) is 92.9 cm³/mol. The van der Waals surface area contributed by atoms with E-state index >= 15 is 0 Å². The molecule has 0 saturated heterocycles. The molecule has 2 N–H and O–H groups in total. The molecule has 0 amide bonds. The third-order valence-corrected chi connectivity index (χ3v) is 9.19. The van der Waals surface area contributed by atoms with Crippen LogP contribution in [0.2, 0.25) is 0 Å². The number of hydrogen-bond donors (Lipinski definition) is 2. The molecule has 130 valence electrons. The minimum absolute atomic E-state index is 0.0350. The smallest absolute Gasteiger partial charge is 0.0881 e. The summed E-state index contributed by atoms with van der Waals surface area (Å²) in [5.41, 5.74) is -0.186. The SMILES string of the molecule is C=C[C@]1(O)CCC2C3CCC4CC(O)CCC4(C)C3CCC21C. The van der Waals surface area contributed by atoms with Crippen molar-refractivity contribution >= 4 is 0 Å². The van der Waals surface area contributed by atoms with Crippen LogP contribution < -0.4 is 0 Å². The van der Waals surface area contributed by atoms with Crippen LogP contribution >= 0.6 is 0 Å². The van der Waals surface area contributed by atoms with Crippen molar-refractivity contribution < 1.29 is 10.2 Å². The molecule has 4 aliphatic carbocycles. The van der Waals surface area contributed by atoms with E-state index in [2.05, 4.69) is 20.4 Å². The first-order valence-corrected chi connectivity index (χ1v) is 9.88. The van der Waals surface area contributed by atoms with E-state index in [1.165, 1.54) is 32.1 Å². The lowest BCUT2D eigenvalue weighted by molar-refractivity contribution is -0.146. The Morgan fingerprint density at radius 1 is 0.957 bits per heavy atom. The number of hydrogen-bond acceptors (Lipinski definition) is 2. The number of aliphatic hydroxyl groups excluding tert-OH is 1. The van der Waals surface area contributed by atoms with E-state index in [0.29, 0.717) is 11.3 Å². The zero-order valence-electron chi connectivity index (χ0n) is 14.9. The maximum atomic E-state index is 11.1. The summed E-state index contributed by atoms with van der Waals surface area (Å²) < 4.78 is 0. The summed E-state index contributed by atoms with van der Waals surface area (Å²) >= 11 is 0. The fourth-order valence-electron chi connectivity index (χ4n) is 7.62. The Balaban J connectivity index is 1.64. The lowest BCUT2D eigenvalue weighted by Crippen LogP contribution is -2.56. The number of fused-ring (bicyclic) bond motifs is 5. The van der Waals surface area contributed by atoms with E-state index in [1.807, 2.05) is 6.08 Å². The maximum Gasteiger partial charge on any atom is 0.0881 e. The highest BCUT2D eigenvalue weighted by atomic mass is 16.3.